The van der Waals surface area contributed by atoms with Crippen molar-refractivity contribution in [3.63, 3.8) is 0 Å². The Hall–Kier alpha value is -0.0500. The van der Waals surface area contributed by atoms with E-state index >= 15 is 0 Å². The summed E-state index contributed by atoms with van der Waals surface area (Å²) in [4.78, 5) is 0. The largest absolute Gasteiger partial charge is 0.369 e. The molecular weight excluding hydrogens is 126 g/mol. The van der Waals surface area contributed by atoms with E-state index in [-0.39, 0.29) is 18.5 Å². The van der Waals surface area contributed by atoms with Crippen LogP contribution in [0.4, 0.5) is 0 Å². The lowest BCUT2D eigenvalue weighted by molar-refractivity contribution is 0.134. The molecule has 1 heterocycles. The number of ether oxygens (including phenoxy) is 1. The van der Waals surface area contributed by atoms with E-state index in [4.69, 9.17) is 10.5 Å². The average Bonchev–Trinajstić information content (AvgIpc) is 2.14. The van der Waals surface area contributed by atoms with Crippen LogP contribution in [0.2, 0.25) is 0 Å². The molecule has 48 valence electrons. The molecule has 0 bridgehead atoms. The summed E-state index contributed by atoms with van der Waals surface area (Å²) in [6, 6.07) is 0. The maximum Gasteiger partial charge on any atom is 0.0883 e. The lowest BCUT2D eigenvalue weighted by Gasteiger charge is -2.00. The fraction of sp³-hybridized carbons (Fsp3) is 0.600. The zero-order valence-corrected chi connectivity index (χ0v) is 5.36. The Morgan fingerprint density at radius 3 is 2.75 bits per heavy atom. The van der Waals surface area contributed by atoms with Gasteiger partial charge >= 0.3 is 0 Å². The lowest BCUT2D eigenvalue weighted by atomic mass is 10.4. The van der Waals surface area contributed by atoms with Crippen LogP contribution in [0.25, 0.3) is 0 Å². The molecule has 8 heavy (non-hydrogen) atoms. The molecule has 0 fully saturated rings. The molecular formula is C5H10ClNO. The molecule has 2 nitrogen and oxygen atoms in total. The van der Waals surface area contributed by atoms with Crippen LogP contribution in [0.5, 0.6) is 0 Å². The van der Waals surface area contributed by atoms with Gasteiger partial charge in [0.1, 0.15) is 0 Å². The summed E-state index contributed by atoms with van der Waals surface area (Å²) in [7, 11) is 0. The van der Waals surface area contributed by atoms with E-state index in [9.17, 15) is 0 Å². The van der Waals surface area contributed by atoms with E-state index in [1.165, 1.54) is 0 Å². The van der Waals surface area contributed by atoms with Crippen LogP contribution in [0.3, 0.4) is 0 Å². The first-order chi connectivity index (χ1) is 3.43. The van der Waals surface area contributed by atoms with Gasteiger partial charge in [-0.2, -0.15) is 0 Å². The zero-order chi connectivity index (χ0) is 5.11. The summed E-state index contributed by atoms with van der Waals surface area (Å²) < 4.78 is 5.07. The first-order valence-electron chi connectivity index (χ1n) is 2.42. The van der Waals surface area contributed by atoms with E-state index in [0.29, 0.717) is 6.54 Å². The molecule has 1 rings (SSSR count). The van der Waals surface area contributed by atoms with Crippen LogP contribution in [-0.2, 0) is 4.74 Å². The minimum Gasteiger partial charge on any atom is -0.369 e. The summed E-state index contributed by atoms with van der Waals surface area (Å²) >= 11 is 0. The molecule has 0 spiro atoms. The molecule has 0 aromatic heterocycles. The third-order valence-electron chi connectivity index (χ3n) is 0.990. The van der Waals surface area contributed by atoms with Gasteiger partial charge in [0.2, 0.25) is 0 Å². The molecule has 0 saturated heterocycles. The maximum atomic E-state index is 5.26. The van der Waals surface area contributed by atoms with Gasteiger partial charge in [-0.15, -0.1) is 12.4 Å². The van der Waals surface area contributed by atoms with Crippen molar-refractivity contribution in [1.29, 1.82) is 0 Å². The highest BCUT2D eigenvalue weighted by atomic mass is 35.5. The van der Waals surface area contributed by atoms with Crippen LogP contribution < -0.4 is 5.73 Å². The van der Waals surface area contributed by atoms with Crippen molar-refractivity contribution in [3.05, 3.63) is 12.2 Å². The van der Waals surface area contributed by atoms with E-state index in [0.717, 1.165) is 6.61 Å². The SMILES string of the molecule is Cl.NCC1C=CCO1. The number of rotatable bonds is 1. The van der Waals surface area contributed by atoms with Gasteiger partial charge in [-0.3, -0.25) is 0 Å². The van der Waals surface area contributed by atoms with Crippen LogP contribution >= 0.6 is 12.4 Å². The highest BCUT2D eigenvalue weighted by Crippen LogP contribution is 1.98. The van der Waals surface area contributed by atoms with E-state index in [1.54, 1.807) is 0 Å². The monoisotopic (exact) mass is 135 g/mol. The van der Waals surface area contributed by atoms with Gasteiger partial charge in [-0.25, -0.2) is 0 Å². The Morgan fingerprint density at radius 2 is 2.50 bits per heavy atom. The second kappa shape index (κ2) is 3.89. The zero-order valence-electron chi connectivity index (χ0n) is 4.54. The molecule has 1 unspecified atom stereocenters. The fourth-order valence-electron chi connectivity index (χ4n) is 0.589. The standard InChI is InChI=1S/C5H9NO.ClH/c6-4-5-2-1-3-7-5;/h1-2,5H,3-4,6H2;1H. The third kappa shape index (κ3) is 1.82. The molecule has 0 aromatic carbocycles. The molecule has 1 atom stereocenters. The number of hydrogen-bond acceptors (Lipinski definition) is 2. The van der Waals surface area contributed by atoms with Crippen LogP contribution in [0.1, 0.15) is 0 Å². The molecule has 0 saturated carbocycles. The summed E-state index contributed by atoms with van der Waals surface area (Å²) in [6.07, 6.45) is 4.16. The number of nitrogens with two attached hydrogens (primary N) is 1. The van der Waals surface area contributed by atoms with Crippen LogP contribution in [0.15, 0.2) is 12.2 Å². The van der Waals surface area contributed by atoms with E-state index in [2.05, 4.69) is 0 Å². The Balaban J connectivity index is 0.000000490. The average molecular weight is 136 g/mol. The van der Waals surface area contributed by atoms with Gasteiger partial charge in [0.05, 0.1) is 12.7 Å². The van der Waals surface area contributed by atoms with Crippen molar-refractivity contribution < 1.29 is 4.74 Å². The fourth-order valence-corrected chi connectivity index (χ4v) is 0.589. The summed E-state index contributed by atoms with van der Waals surface area (Å²) in [5.41, 5.74) is 5.26. The van der Waals surface area contributed by atoms with Crippen molar-refractivity contribution >= 4 is 12.4 Å². The summed E-state index contributed by atoms with van der Waals surface area (Å²) in [6.45, 7) is 1.35. The first-order valence-corrected chi connectivity index (χ1v) is 2.42. The smallest absolute Gasteiger partial charge is 0.0883 e. The van der Waals surface area contributed by atoms with E-state index < -0.39 is 0 Å². The van der Waals surface area contributed by atoms with Gasteiger partial charge in [-0.1, -0.05) is 12.2 Å². The molecule has 0 aromatic rings. The Morgan fingerprint density at radius 1 is 1.75 bits per heavy atom. The number of hydrogen-bond donors (Lipinski definition) is 1. The lowest BCUT2D eigenvalue weighted by Crippen LogP contribution is -2.17. The van der Waals surface area contributed by atoms with Gasteiger partial charge in [0.25, 0.3) is 0 Å². The van der Waals surface area contributed by atoms with Crippen molar-refractivity contribution in [1.82, 2.24) is 0 Å². The van der Waals surface area contributed by atoms with Crippen LogP contribution in [-0.4, -0.2) is 19.3 Å². The van der Waals surface area contributed by atoms with Crippen molar-refractivity contribution in [3.8, 4) is 0 Å². The van der Waals surface area contributed by atoms with Gasteiger partial charge < -0.3 is 10.5 Å². The minimum absolute atomic E-state index is 0. The molecule has 1 aliphatic heterocycles. The minimum atomic E-state index is 0. The summed E-state index contributed by atoms with van der Waals surface area (Å²) in [5.74, 6) is 0. The van der Waals surface area contributed by atoms with E-state index in [1.807, 2.05) is 12.2 Å². The van der Waals surface area contributed by atoms with Crippen molar-refractivity contribution in [2.45, 2.75) is 6.10 Å². The highest BCUT2D eigenvalue weighted by molar-refractivity contribution is 5.85. The van der Waals surface area contributed by atoms with Gasteiger partial charge in [0.15, 0.2) is 0 Å². The van der Waals surface area contributed by atoms with Crippen molar-refractivity contribution in [2.75, 3.05) is 13.2 Å². The summed E-state index contributed by atoms with van der Waals surface area (Å²) in [5, 5.41) is 0. The molecule has 0 aliphatic carbocycles. The predicted octanol–water partition coefficient (Wildman–Crippen LogP) is 0.322. The Kier molecular flexibility index (Phi) is 3.87. The highest BCUT2D eigenvalue weighted by Gasteiger charge is 2.04. The Bertz CT molecular complexity index is 84.5. The van der Waals surface area contributed by atoms with Crippen molar-refractivity contribution in [2.24, 2.45) is 5.73 Å². The van der Waals surface area contributed by atoms with Gasteiger partial charge in [0, 0.05) is 6.54 Å². The molecule has 2 N–H and O–H groups in total. The van der Waals surface area contributed by atoms with Gasteiger partial charge in [-0.05, 0) is 0 Å². The molecule has 0 radical (unpaired) electrons. The third-order valence-corrected chi connectivity index (χ3v) is 0.990. The second-order valence-corrected chi connectivity index (χ2v) is 1.54. The Labute approximate surface area is 55.1 Å². The predicted molar refractivity (Wildman–Crippen MR) is 35.2 cm³/mol. The number of halogens is 1. The topological polar surface area (TPSA) is 35.2 Å². The molecule has 0 amide bonds. The second-order valence-electron chi connectivity index (χ2n) is 1.54. The molecule has 3 heteroatoms. The quantitative estimate of drug-likeness (QED) is 0.526. The maximum absolute atomic E-state index is 5.26. The van der Waals surface area contributed by atoms with Crippen LogP contribution in [0, 0.1) is 0 Å². The normalized spacial score (nSPS) is 25.4. The molecule has 1 aliphatic rings. The first kappa shape index (κ1) is 7.95.